The quantitative estimate of drug-likeness (QED) is 0.719. The second-order valence-electron chi connectivity index (χ2n) is 6.20. The largest absolute Gasteiger partial charge is 0.268 e. The smallest absolute Gasteiger partial charge is 0.240 e. The molecule has 0 radical (unpaired) electrons. The normalized spacial score (nSPS) is 11.8. The zero-order valence-corrected chi connectivity index (χ0v) is 14.6. The molecule has 0 bridgehead atoms. The molecule has 0 fully saturated rings. The van der Waals surface area contributed by atoms with Gasteiger partial charge >= 0.3 is 0 Å². The highest BCUT2D eigenvalue weighted by Gasteiger charge is 2.21. The van der Waals surface area contributed by atoms with Gasteiger partial charge in [0.1, 0.15) is 6.07 Å². The maximum Gasteiger partial charge on any atom is 0.268 e. The maximum absolute atomic E-state index is 13.0. The van der Waals surface area contributed by atoms with E-state index in [0.29, 0.717) is 22.4 Å². The molecule has 0 saturated carbocycles. The van der Waals surface area contributed by atoms with E-state index in [1.54, 1.807) is 30.3 Å². The molecule has 122 valence electrons. The van der Waals surface area contributed by atoms with Crippen LogP contribution in [0, 0.1) is 18.3 Å². The highest BCUT2D eigenvalue weighted by molar-refractivity contribution is 7.90. The number of nitriles is 1. The van der Waals surface area contributed by atoms with Crippen molar-refractivity contribution in [3.63, 3.8) is 0 Å². The van der Waals surface area contributed by atoms with E-state index in [9.17, 15) is 13.7 Å². The van der Waals surface area contributed by atoms with Crippen LogP contribution in [0.1, 0.15) is 36.5 Å². The van der Waals surface area contributed by atoms with Gasteiger partial charge in [-0.25, -0.2) is 12.4 Å². The van der Waals surface area contributed by atoms with Gasteiger partial charge in [0.2, 0.25) is 0 Å². The average Bonchev–Trinajstić information content (AvgIpc) is 2.93. The second-order valence-corrected chi connectivity index (χ2v) is 8.01. The van der Waals surface area contributed by atoms with Gasteiger partial charge in [-0.05, 0) is 42.7 Å². The second kappa shape index (κ2) is 5.81. The summed E-state index contributed by atoms with van der Waals surface area (Å²) in [4.78, 5) is 0.211. The molecule has 0 aliphatic heterocycles. The van der Waals surface area contributed by atoms with E-state index in [-0.39, 0.29) is 4.90 Å². The van der Waals surface area contributed by atoms with E-state index < -0.39 is 10.0 Å². The summed E-state index contributed by atoms with van der Waals surface area (Å²) >= 11 is 0. The van der Waals surface area contributed by atoms with E-state index in [0.717, 1.165) is 11.1 Å². The molecular weight excluding hydrogens is 320 g/mol. The Morgan fingerprint density at radius 3 is 2.33 bits per heavy atom. The first kappa shape index (κ1) is 16.3. The summed E-state index contributed by atoms with van der Waals surface area (Å²) in [6.07, 6.45) is 1.41. The Bertz CT molecular complexity index is 1050. The van der Waals surface area contributed by atoms with Crippen molar-refractivity contribution in [2.24, 2.45) is 0 Å². The maximum atomic E-state index is 13.0. The van der Waals surface area contributed by atoms with Crippen LogP contribution < -0.4 is 0 Å². The van der Waals surface area contributed by atoms with Gasteiger partial charge in [0.05, 0.1) is 16.0 Å². The Morgan fingerprint density at radius 2 is 1.75 bits per heavy atom. The first-order valence-electron chi connectivity index (χ1n) is 7.72. The minimum atomic E-state index is -3.74. The summed E-state index contributed by atoms with van der Waals surface area (Å²) in [7, 11) is -3.74. The fourth-order valence-corrected chi connectivity index (χ4v) is 4.06. The number of aryl methyl sites for hydroxylation is 1. The monoisotopic (exact) mass is 338 g/mol. The van der Waals surface area contributed by atoms with E-state index in [4.69, 9.17) is 0 Å². The molecule has 0 aliphatic rings. The zero-order chi connectivity index (χ0) is 17.5. The van der Waals surface area contributed by atoms with Crippen molar-refractivity contribution in [3.8, 4) is 6.07 Å². The summed E-state index contributed by atoms with van der Waals surface area (Å²) < 4.78 is 27.1. The topological polar surface area (TPSA) is 62.9 Å². The summed E-state index contributed by atoms with van der Waals surface area (Å²) in [6, 6.07) is 14.4. The van der Waals surface area contributed by atoms with Crippen LogP contribution in [0.3, 0.4) is 0 Å². The number of nitrogens with zero attached hydrogens (tertiary/aromatic N) is 2. The van der Waals surface area contributed by atoms with Crippen molar-refractivity contribution in [2.75, 3.05) is 0 Å². The van der Waals surface area contributed by atoms with Crippen LogP contribution in [-0.4, -0.2) is 12.4 Å². The molecule has 4 nitrogen and oxygen atoms in total. The molecule has 24 heavy (non-hydrogen) atoms. The molecule has 5 heteroatoms. The van der Waals surface area contributed by atoms with Crippen molar-refractivity contribution < 1.29 is 8.42 Å². The molecule has 0 aliphatic carbocycles. The van der Waals surface area contributed by atoms with Gasteiger partial charge in [-0.15, -0.1) is 0 Å². The Balaban J connectivity index is 2.27. The Morgan fingerprint density at radius 1 is 1.08 bits per heavy atom. The van der Waals surface area contributed by atoms with Gasteiger partial charge < -0.3 is 0 Å². The lowest BCUT2D eigenvalue weighted by molar-refractivity contribution is 0.589. The molecule has 0 amide bonds. The molecule has 0 spiro atoms. The van der Waals surface area contributed by atoms with E-state index in [1.165, 1.54) is 10.2 Å². The van der Waals surface area contributed by atoms with Gasteiger partial charge in [-0.1, -0.05) is 37.6 Å². The summed E-state index contributed by atoms with van der Waals surface area (Å²) in [5.41, 5.74) is 2.95. The predicted octanol–water partition coefficient (Wildman–Crippen LogP) is 4.18. The summed E-state index contributed by atoms with van der Waals surface area (Å²) in [6.45, 7) is 6.03. The van der Waals surface area contributed by atoms with Crippen LogP contribution in [0.2, 0.25) is 0 Å². The molecule has 1 aromatic heterocycles. The minimum absolute atomic E-state index is 0.211. The van der Waals surface area contributed by atoms with E-state index in [2.05, 4.69) is 19.9 Å². The van der Waals surface area contributed by atoms with Crippen LogP contribution in [-0.2, 0) is 10.0 Å². The van der Waals surface area contributed by atoms with Crippen LogP contribution in [0.4, 0.5) is 0 Å². The van der Waals surface area contributed by atoms with Crippen molar-refractivity contribution in [1.29, 1.82) is 5.26 Å². The van der Waals surface area contributed by atoms with Gasteiger partial charge in [-0.2, -0.15) is 5.26 Å². The van der Waals surface area contributed by atoms with Crippen molar-refractivity contribution in [1.82, 2.24) is 3.97 Å². The number of aromatic nitrogens is 1. The molecule has 0 N–H and O–H groups in total. The third-order valence-corrected chi connectivity index (χ3v) is 5.85. The SMILES string of the molecule is Cc1ccc(S(=O)(=O)n2cc(C#N)c3cc(C(C)C)ccc32)cc1. The lowest BCUT2D eigenvalue weighted by Crippen LogP contribution is -2.11. The van der Waals surface area contributed by atoms with Crippen LogP contribution in [0.15, 0.2) is 53.6 Å². The first-order valence-corrected chi connectivity index (χ1v) is 9.16. The van der Waals surface area contributed by atoms with Crippen LogP contribution >= 0.6 is 0 Å². The number of fused-ring (bicyclic) bond motifs is 1. The van der Waals surface area contributed by atoms with Gasteiger partial charge in [-0.3, -0.25) is 0 Å². The lowest BCUT2D eigenvalue weighted by atomic mass is 10.0. The highest BCUT2D eigenvalue weighted by Crippen LogP contribution is 2.28. The molecule has 3 aromatic rings. The van der Waals surface area contributed by atoms with Gasteiger partial charge in [0, 0.05) is 11.6 Å². The molecule has 3 rings (SSSR count). The van der Waals surface area contributed by atoms with E-state index in [1.807, 2.05) is 19.1 Å². The average molecular weight is 338 g/mol. The Labute approximate surface area is 142 Å². The van der Waals surface area contributed by atoms with E-state index >= 15 is 0 Å². The predicted molar refractivity (Wildman–Crippen MR) is 94.5 cm³/mol. The summed E-state index contributed by atoms with van der Waals surface area (Å²) in [5.74, 6) is 0.304. The molecular formula is C19H18N2O2S. The molecule has 2 aromatic carbocycles. The molecule has 0 unspecified atom stereocenters. The molecule has 0 saturated heterocycles. The lowest BCUT2D eigenvalue weighted by Gasteiger charge is -2.09. The van der Waals surface area contributed by atoms with Crippen molar-refractivity contribution in [2.45, 2.75) is 31.6 Å². The minimum Gasteiger partial charge on any atom is -0.240 e. The number of benzene rings is 2. The third-order valence-electron chi connectivity index (χ3n) is 4.16. The summed E-state index contributed by atoms with van der Waals surface area (Å²) in [5, 5.41) is 10.1. The Kier molecular flexibility index (Phi) is 3.94. The van der Waals surface area contributed by atoms with Crippen molar-refractivity contribution >= 4 is 20.9 Å². The Hall–Kier alpha value is -2.58. The zero-order valence-electron chi connectivity index (χ0n) is 13.8. The van der Waals surface area contributed by atoms with Gasteiger partial charge in [0.15, 0.2) is 0 Å². The highest BCUT2D eigenvalue weighted by atomic mass is 32.2. The molecule has 0 atom stereocenters. The van der Waals surface area contributed by atoms with Crippen LogP contribution in [0.25, 0.3) is 10.9 Å². The first-order chi connectivity index (χ1) is 11.3. The standard InChI is InChI=1S/C19H18N2O2S/c1-13(2)15-6-9-19-18(10-15)16(11-20)12-21(19)24(22,23)17-7-4-14(3)5-8-17/h4-10,12-13H,1-3H3. The number of rotatable bonds is 3. The van der Waals surface area contributed by atoms with Gasteiger partial charge in [0.25, 0.3) is 10.0 Å². The third kappa shape index (κ3) is 2.59. The number of hydrogen-bond donors (Lipinski definition) is 0. The fraction of sp³-hybridized carbons (Fsp3) is 0.211. The fourth-order valence-electron chi connectivity index (χ4n) is 2.69. The number of hydrogen-bond acceptors (Lipinski definition) is 3. The van der Waals surface area contributed by atoms with Crippen LogP contribution in [0.5, 0.6) is 0 Å². The molecule has 1 heterocycles. The van der Waals surface area contributed by atoms with Crippen molar-refractivity contribution in [3.05, 3.63) is 65.4 Å².